The van der Waals surface area contributed by atoms with Crippen LogP contribution in [-0.2, 0) is 9.16 Å². The molecule has 0 spiro atoms. The maximum Gasteiger partial charge on any atom is 0.165 e. The van der Waals surface area contributed by atoms with E-state index in [-0.39, 0.29) is 16.1 Å². The highest BCUT2D eigenvalue weighted by Crippen LogP contribution is 2.00. The van der Waals surface area contributed by atoms with Gasteiger partial charge in [0.25, 0.3) is 0 Å². The summed E-state index contributed by atoms with van der Waals surface area (Å²) >= 11 is 0. The highest BCUT2D eigenvalue weighted by atomic mass is 28.2. The first-order valence-corrected chi connectivity index (χ1v) is 6.03. The van der Waals surface area contributed by atoms with Crippen molar-refractivity contribution >= 4 is 9.76 Å². The molecule has 0 N–H and O–H groups in total. The standard InChI is InChI=1S/C8H20O2Si/c1-4-5-6-7-11-10-8(2)9-3/h8H,4-7,11H2,1-3H3. The molecular weight excluding hydrogens is 156 g/mol. The molecule has 0 bridgehead atoms. The molecule has 11 heavy (non-hydrogen) atoms. The average molecular weight is 176 g/mol. The van der Waals surface area contributed by atoms with Crippen LogP contribution in [0, 0.1) is 0 Å². The number of ether oxygens (including phenoxy) is 1. The van der Waals surface area contributed by atoms with Crippen LogP contribution >= 0.6 is 0 Å². The van der Waals surface area contributed by atoms with Gasteiger partial charge in [-0.25, -0.2) is 0 Å². The van der Waals surface area contributed by atoms with Gasteiger partial charge in [0.2, 0.25) is 0 Å². The van der Waals surface area contributed by atoms with E-state index in [9.17, 15) is 0 Å². The van der Waals surface area contributed by atoms with Crippen molar-refractivity contribution < 1.29 is 9.16 Å². The minimum atomic E-state index is -0.292. The maximum absolute atomic E-state index is 5.45. The van der Waals surface area contributed by atoms with E-state index in [1.807, 2.05) is 6.92 Å². The van der Waals surface area contributed by atoms with Crippen molar-refractivity contribution in [1.29, 1.82) is 0 Å². The van der Waals surface area contributed by atoms with E-state index in [2.05, 4.69) is 6.92 Å². The zero-order valence-electron chi connectivity index (χ0n) is 7.93. The Labute approximate surface area is 72.2 Å². The van der Waals surface area contributed by atoms with Crippen LogP contribution in [0.3, 0.4) is 0 Å². The van der Waals surface area contributed by atoms with Crippen LogP contribution < -0.4 is 0 Å². The molecular formula is C8H20O2Si. The fourth-order valence-electron chi connectivity index (χ4n) is 0.846. The Bertz CT molecular complexity index is 78.5. The molecule has 0 saturated heterocycles. The van der Waals surface area contributed by atoms with Gasteiger partial charge in [0.1, 0.15) is 6.29 Å². The summed E-state index contributed by atoms with van der Waals surface area (Å²) in [5.41, 5.74) is 0. The first kappa shape index (κ1) is 11.1. The molecule has 0 rings (SSSR count). The molecule has 0 aliphatic carbocycles. The maximum atomic E-state index is 5.45. The molecule has 2 nitrogen and oxygen atoms in total. The summed E-state index contributed by atoms with van der Waals surface area (Å²) in [4.78, 5) is 0. The molecule has 0 aromatic rings. The molecule has 0 heterocycles. The smallest absolute Gasteiger partial charge is 0.165 e. The highest BCUT2D eigenvalue weighted by molar-refractivity contribution is 6.27. The highest BCUT2D eigenvalue weighted by Gasteiger charge is 1.97. The Morgan fingerprint density at radius 2 is 2.09 bits per heavy atom. The molecule has 0 aromatic heterocycles. The summed E-state index contributed by atoms with van der Waals surface area (Å²) in [6, 6.07) is 1.29. The molecule has 1 unspecified atom stereocenters. The molecule has 3 heteroatoms. The van der Waals surface area contributed by atoms with Crippen LogP contribution in [0.15, 0.2) is 0 Å². The van der Waals surface area contributed by atoms with Gasteiger partial charge in [-0.1, -0.05) is 26.2 Å². The van der Waals surface area contributed by atoms with Gasteiger partial charge in [-0.3, -0.25) is 0 Å². The van der Waals surface area contributed by atoms with Crippen molar-refractivity contribution in [2.24, 2.45) is 0 Å². The Morgan fingerprint density at radius 3 is 2.64 bits per heavy atom. The number of methoxy groups -OCH3 is 1. The van der Waals surface area contributed by atoms with Gasteiger partial charge in [-0.05, 0) is 13.0 Å². The lowest BCUT2D eigenvalue weighted by Crippen LogP contribution is -2.12. The van der Waals surface area contributed by atoms with Gasteiger partial charge in [0.15, 0.2) is 9.76 Å². The zero-order chi connectivity index (χ0) is 8.53. The predicted octanol–water partition coefficient (Wildman–Crippen LogP) is 1.69. The first-order valence-electron chi connectivity index (χ1n) is 4.45. The van der Waals surface area contributed by atoms with Crippen molar-refractivity contribution in [3.63, 3.8) is 0 Å². The van der Waals surface area contributed by atoms with Gasteiger partial charge >= 0.3 is 0 Å². The topological polar surface area (TPSA) is 18.5 Å². The van der Waals surface area contributed by atoms with Crippen LogP contribution in [0.2, 0.25) is 6.04 Å². The Hall–Kier alpha value is 0.137. The van der Waals surface area contributed by atoms with Crippen LogP contribution in [-0.4, -0.2) is 23.2 Å². The quantitative estimate of drug-likeness (QED) is 0.334. The summed E-state index contributed by atoms with van der Waals surface area (Å²) in [5, 5.41) is 0. The Balaban J connectivity index is 2.89. The third-order valence-electron chi connectivity index (χ3n) is 1.68. The summed E-state index contributed by atoms with van der Waals surface area (Å²) in [7, 11) is 1.39. The van der Waals surface area contributed by atoms with Crippen LogP contribution in [0.25, 0.3) is 0 Å². The average Bonchev–Trinajstić information content (AvgIpc) is 2.04. The molecule has 0 saturated carbocycles. The van der Waals surface area contributed by atoms with Gasteiger partial charge < -0.3 is 9.16 Å². The van der Waals surface area contributed by atoms with E-state index in [4.69, 9.17) is 9.16 Å². The van der Waals surface area contributed by atoms with Crippen molar-refractivity contribution in [3.8, 4) is 0 Å². The van der Waals surface area contributed by atoms with E-state index in [0.29, 0.717) is 0 Å². The molecule has 0 amide bonds. The molecule has 0 aliphatic rings. The number of hydrogen-bond acceptors (Lipinski definition) is 2. The summed E-state index contributed by atoms with van der Waals surface area (Å²) in [6.07, 6.45) is 3.99. The monoisotopic (exact) mass is 176 g/mol. The van der Waals surface area contributed by atoms with E-state index in [1.165, 1.54) is 25.3 Å². The number of hydrogen-bond donors (Lipinski definition) is 0. The third kappa shape index (κ3) is 8.04. The SMILES string of the molecule is CCCCC[SiH2]OC(C)OC. The third-order valence-corrected chi connectivity index (χ3v) is 3.18. The lowest BCUT2D eigenvalue weighted by Gasteiger charge is -2.10. The summed E-state index contributed by atoms with van der Waals surface area (Å²) < 4.78 is 10.4. The van der Waals surface area contributed by atoms with E-state index < -0.39 is 0 Å². The van der Waals surface area contributed by atoms with Crippen LogP contribution in [0.4, 0.5) is 0 Å². The largest absolute Gasteiger partial charge is 0.400 e. The molecule has 68 valence electrons. The van der Waals surface area contributed by atoms with E-state index in [1.54, 1.807) is 7.11 Å². The molecule has 0 radical (unpaired) electrons. The Kier molecular flexibility index (Phi) is 8.34. The second-order valence-electron chi connectivity index (χ2n) is 2.73. The van der Waals surface area contributed by atoms with Crippen molar-refractivity contribution in [1.82, 2.24) is 0 Å². The number of rotatable bonds is 7. The van der Waals surface area contributed by atoms with Crippen molar-refractivity contribution in [2.75, 3.05) is 7.11 Å². The molecule has 1 atom stereocenters. The Morgan fingerprint density at radius 1 is 1.36 bits per heavy atom. The van der Waals surface area contributed by atoms with Crippen molar-refractivity contribution in [3.05, 3.63) is 0 Å². The van der Waals surface area contributed by atoms with Crippen LogP contribution in [0.1, 0.15) is 33.1 Å². The lowest BCUT2D eigenvalue weighted by molar-refractivity contribution is -0.0371. The second kappa shape index (κ2) is 8.24. The fourth-order valence-corrected chi connectivity index (χ4v) is 2.04. The van der Waals surface area contributed by atoms with E-state index >= 15 is 0 Å². The van der Waals surface area contributed by atoms with Crippen LogP contribution in [0.5, 0.6) is 0 Å². The zero-order valence-corrected chi connectivity index (χ0v) is 9.34. The minimum absolute atomic E-state index is 0.0169. The number of unbranched alkanes of at least 4 members (excludes halogenated alkanes) is 2. The lowest BCUT2D eigenvalue weighted by atomic mass is 10.3. The fraction of sp³-hybridized carbons (Fsp3) is 1.00. The first-order chi connectivity index (χ1) is 5.31. The van der Waals surface area contributed by atoms with Gasteiger partial charge in [0.05, 0.1) is 0 Å². The van der Waals surface area contributed by atoms with Crippen molar-refractivity contribution in [2.45, 2.75) is 45.4 Å². The van der Waals surface area contributed by atoms with Gasteiger partial charge in [0, 0.05) is 7.11 Å². The van der Waals surface area contributed by atoms with Gasteiger partial charge in [-0.2, -0.15) is 0 Å². The molecule has 0 aliphatic heterocycles. The van der Waals surface area contributed by atoms with E-state index in [0.717, 1.165) is 0 Å². The summed E-state index contributed by atoms with van der Waals surface area (Å²) in [6.45, 7) is 4.17. The second-order valence-corrected chi connectivity index (χ2v) is 4.18. The molecule has 0 aromatic carbocycles. The van der Waals surface area contributed by atoms with Gasteiger partial charge in [-0.15, -0.1) is 0 Å². The summed E-state index contributed by atoms with van der Waals surface area (Å²) in [5.74, 6) is 0. The predicted molar refractivity (Wildman–Crippen MR) is 50.4 cm³/mol. The molecule has 0 fully saturated rings. The normalized spacial score (nSPS) is 14.5. The minimum Gasteiger partial charge on any atom is -0.400 e.